The van der Waals surface area contributed by atoms with Crippen molar-refractivity contribution in [2.45, 2.75) is 6.43 Å². The molecule has 0 aliphatic carbocycles. The quantitative estimate of drug-likeness (QED) is 0.655. The average molecular weight is 302 g/mol. The highest BCUT2D eigenvalue weighted by atomic mass is 19.3. The van der Waals surface area contributed by atoms with Crippen LogP contribution in [0.1, 0.15) is 10.4 Å². The van der Waals surface area contributed by atoms with E-state index in [-0.39, 0.29) is 11.3 Å². The van der Waals surface area contributed by atoms with Crippen LogP contribution in [-0.2, 0) is 0 Å². The van der Waals surface area contributed by atoms with Gasteiger partial charge in [-0.25, -0.2) is 8.78 Å². The van der Waals surface area contributed by atoms with Crippen molar-refractivity contribution >= 4 is 30.6 Å². The van der Waals surface area contributed by atoms with Crippen molar-refractivity contribution in [1.29, 1.82) is 0 Å². The zero-order valence-electron chi connectivity index (χ0n) is 11.6. The van der Waals surface area contributed by atoms with Crippen LogP contribution >= 0.6 is 0 Å². The molecule has 22 heavy (non-hydrogen) atoms. The standard InChI is InChI=1S/C15H13BF2N2O2/c16-9-1-4-11(5-2-9)20-15(21)12-7-10(19)3-6-13(12)22-8-14(17)18/h1-7,14H,8,19H2,(H,20,21). The highest BCUT2D eigenvalue weighted by molar-refractivity contribution is 6.32. The average Bonchev–Trinajstić information content (AvgIpc) is 2.48. The van der Waals surface area contributed by atoms with Gasteiger partial charge in [0.1, 0.15) is 20.2 Å². The van der Waals surface area contributed by atoms with E-state index in [9.17, 15) is 13.6 Å². The molecule has 0 saturated carbocycles. The number of alkyl halides is 2. The van der Waals surface area contributed by atoms with E-state index in [1.807, 2.05) is 0 Å². The summed E-state index contributed by atoms with van der Waals surface area (Å²) in [6.07, 6.45) is -2.63. The lowest BCUT2D eigenvalue weighted by atomic mass is 9.96. The van der Waals surface area contributed by atoms with Crippen molar-refractivity contribution in [2.75, 3.05) is 17.7 Å². The second kappa shape index (κ2) is 6.93. The minimum Gasteiger partial charge on any atom is -0.487 e. The molecular formula is C15H13BF2N2O2. The molecule has 7 heteroatoms. The number of hydrogen-bond donors (Lipinski definition) is 2. The summed E-state index contributed by atoms with van der Waals surface area (Å²) in [4.78, 5) is 12.3. The molecule has 2 aromatic rings. The first-order valence-corrected chi connectivity index (χ1v) is 6.43. The van der Waals surface area contributed by atoms with Crippen LogP contribution in [0.5, 0.6) is 5.75 Å². The maximum absolute atomic E-state index is 12.3. The van der Waals surface area contributed by atoms with Gasteiger partial charge in [-0.05, 0) is 30.3 Å². The van der Waals surface area contributed by atoms with Gasteiger partial charge in [0, 0.05) is 11.4 Å². The maximum Gasteiger partial charge on any atom is 0.272 e. The minimum atomic E-state index is -2.63. The molecule has 112 valence electrons. The van der Waals surface area contributed by atoms with E-state index in [2.05, 4.69) is 5.32 Å². The zero-order chi connectivity index (χ0) is 16.1. The van der Waals surface area contributed by atoms with Crippen LogP contribution < -0.4 is 21.3 Å². The Balaban J connectivity index is 2.20. The van der Waals surface area contributed by atoms with Gasteiger partial charge in [0.15, 0.2) is 0 Å². The van der Waals surface area contributed by atoms with Crippen LogP contribution in [0.2, 0.25) is 0 Å². The Morgan fingerprint density at radius 1 is 1.23 bits per heavy atom. The Bertz CT molecular complexity index is 663. The molecule has 4 nitrogen and oxygen atoms in total. The van der Waals surface area contributed by atoms with Gasteiger partial charge in [-0.2, -0.15) is 0 Å². The van der Waals surface area contributed by atoms with E-state index in [0.717, 1.165) is 0 Å². The van der Waals surface area contributed by atoms with Gasteiger partial charge in [-0.1, -0.05) is 17.6 Å². The summed E-state index contributed by atoms with van der Waals surface area (Å²) in [6, 6.07) is 10.7. The van der Waals surface area contributed by atoms with Crippen molar-refractivity contribution in [1.82, 2.24) is 0 Å². The van der Waals surface area contributed by atoms with Crippen LogP contribution in [0.25, 0.3) is 0 Å². The molecule has 0 heterocycles. The summed E-state index contributed by atoms with van der Waals surface area (Å²) in [5.41, 5.74) is 7.11. The van der Waals surface area contributed by atoms with Gasteiger partial charge in [-0.15, -0.1) is 0 Å². The lowest BCUT2D eigenvalue weighted by molar-refractivity contribution is 0.0803. The number of halogens is 2. The number of carbonyl (C=O) groups is 1. The molecule has 0 aliphatic rings. The van der Waals surface area contributed by atoms with Crippen LogP contribution in [0.15, 0.2) is 42.5 Å². The summed E-state index contributed by atoms with van der Waals surface area (Å²) in [7, 11) is 5.56. The summed E-state index contributed by atoms with van der Waals surface area (Å²) in [6.45, 7) is -0.800. The van der Waals surface area contributed by atoms with Gasteiger partial charge in [0.2, 0.25) is 0 Å². The maximum atomic E-state index is 12.3. The number of nitrogens with one attached hydrogen (secondary N) is 1. The Labute approximate surface area is 127 Å². The van der Waals surface area contributed by atoms with E-state index in [4.69, 9.17) is 18.3 Å². The van der Waals surface area contributed by atoms with Crippen LogP contribution in [0.3, 0.4) is 0 Å². The minimum absolute atomic E-state index is 0.0439. The highest BCUT2D eigenvalue weighted by Crippen LogP contribution is 2.23. The van der Waals surface area contributed by atoms with Crippen molar-refractivity contribution in [3.8, 4) is 5.75 Å². The molecule has 0 aromatic heterocycles. The molecule has 0 unspecified atom stereocenters. The summed E-state index contributed by atoms with van der Waals surface area (Å²) in [5.74, 6) is -0.469. The van der Waals surface area contributed by atoms with E-state index in [0.29, 0.717) is 16.8 Å². The third-order valence-corrected chi connectivity index (χ3v) is 2.78. The summed E-state index contributed by atoms with van der Waals surface area (Å²) in [5, 5.41) is 2.62. The number of hydrogen-bond acceptors (Lipinski definition) is 3. The molecular weight excluding hydrogens is 289 g/mol. The number of amides is 1. The lowest BCUT2D eigenvalue weighted by Crippen LogP contribution is -2.16. The van der Waals surface area contributed by atoms with Crippen LogP contribution in [0.4, 0.5) is 20.2 Å². The van der Waals surface area contributed by atoms with E-state index < -0.39 is 18.9 Å². The third kappa shape index (κ3) is 4.21. The fourth-order valence-corrected chi connectivity index (χ4v) is 1.77. The van der Waals surface area contributed by atoms with Gasteiger partial charge in [0.05, 0.1) is 5.56 Å². The molecule has 0 aliphatic heterocycles. The van der Waals surface area contributed by atoms with Crippen molar-refractivity contribution in [3.05, 3.63) is 48.0 Å². The molecule has 2 aromatic carbocycles. The second-order valence-corrected chi connectivity index (χ2v) is 4.53. The fraction of sp³-hybridized carbons (Fsp3) is 0.133. The Morgan fingerprint density at radius 3 is 2.55 bits per heavy atom. The highest BCUT2D eigenvalue weighted by Gasteiger charge is 2.15. The normalized spacial score (nSPS) is 10.5. The Hall–Kier alpha value is -2.57. The van der Waals surface area contributed by atoms with Crippen LogP contribution in [-0.4, -0.2) is 26.8 Å². The zero-order valence-corrected chi connectivity index (χ0v) is 11.6. The van der Waals surface area contributed by atoms with E-state index >= 15 is 0 Å². The Morgan fingerprint density at radius 2 is 1.91 bits per heavy atom. The second-order valence-electron chi connectivity index (χ2n) is 4.53. The van der Waals surface area contributed by atoms with Gasteiger partial charge >= 0.3 is 0 Å². The molecule has 0 fully saturated rings. The third-order valence-electron chi connectivity index (χ3n) is 2.78. The molecule has 3 N–H and O–H groups in total. The molecule has 0 bridgehead atoms. The van der Waals surface area contributed by atoms with Gasteiger partial charge < -0.3 is 15.8 Å². The summed E-state index contributed by atoms with van der Waals surface area (Å²) >= 11 is 0. The molecule has 2 radical (unpaired) electrons. The molecule has 2 rings (SSSR count). The smallest absolute Gasteiger partial charge is 0.272 e. The molecule has 1 amide bonds. The number of carbonyl (C=O) groups excluding carboxylic acids is 1. The number of anilines is 2. The number of nitrogens with two attached hydrogens (primary N) is 1. The number of ether oxygens (including phenoxy) is 1. The summed E-state index contributed by atoms with van der Waals surface area (Å²) < 4.78 is 29.5. The fourth-order valence-electron chi connectivity index (χ4n) is 1.77. The van der Waals surface area contributed by atoms with E-state index in [1.54, 1.807) is 24.3 Å². The predicted molar refractivity (Wildman–Crippen MR) is 82.1 cm³/mol. The monoisotopic (exact) mass is 302 g/mol. The van der Waals surface area contributed by atoms with Gasteiger partial charge in [0.25, 0.3) is 12.3 Å². The number of nitrogen functional groups attached to an aromatic ring is 1. The predicted octanol–water partition coefficient (Wildman–Crippen LogP) is 1.96. The van der Waals surface area contributed by atoms with Crippen molar-refractivity contribution in [2.24, 2.45) is 0 Å². The number of rotatable bonds is 5. The van der Waals surface area contributed by atoms with Gasteiger partial charge in [-0.3, -0.25) is 4.79 Å². The largest absolute Gasteiger partial charge is 0.487 e. The van der Waals surface area contributed by atoms with E-state index in [1.165, 1.54) is 18.2 Å². The van der Waals surface area contributed by atoms with Crippen LogP contribution in [0, 0.1) is 0 Å². The SMILES string of the molecule is [B]c1ccc(NC(=O)c2cc(N)ccc2OCC(F)F)cc1. The topological polar surface area (TPSA) is 64.4 Å². The number of benzene rings is 2. The molecule has 0 saturated heterocycles. The first kappa shape index (κ1) is 15.8. The Kier molecular flexibility index (Phi) is 4.98. The first-order chi connectivity index (χ1) is 10.5. The molecule has 0 atom stereocenters. The van der Waals surface area contributed by atoms with Crippen molar-refractivity contribution < 1.29 is 18.3 Å². The molecule has 0 spiro atoms. The first-order valence-electron chi connectivity index (χ1n) is 6.43. The lowest BCUT2D eigenvalue weighted by Gasteiger charge is -2.12. The van der Waals surface area contributed by atoms with Crippen molar-refractivity contribution in [3.63, 3.8) is 0 Å².